The highest BCUT2D eigenvalue weighted by atomic mass is 15.1. The zero-order chi connectivity index (χ0) is 15.8. The van der Waals surface area contributed by atoms with Gasteiger partial charge < -0.3 is 10.2 Å². The summed E-state index contributed by atoms with van der Waals surface area (Å²) < 4.78 is 0. The molecule has 1 aromatic rings. The van der Waals surface area contributed by atoms with Crippen molar-refractivity contribution >= 4 is 0 Å². The van der Waals surface area contributed by atoms with Crippen LogP contribution in [0.25, 0.3) is 0 Å². The maximum atomic E-state index is 3.46. The van der Waals surface area contributed by atoms with Gasteiger partial charge in [-0.2, -0.15) is 0 Å². The molecule has 0 aromatic heterocycles. The topological polar surface area (TPSA) is 15.3 Å². The molecule has 0 saturated heterocycles. The number of likely N-dealkylation sites (N-methyl/N-ethyl adjacent to an activating group) is 2. The van der Waals surface area contributed by atoms with Gasteiger partial charge in [-0.15, -0.1) is 0 Å². The van der Waals surface area contributed by atoms with Gasteiger partial charge in [-0.3, -0.25) is 0 Å². The number of hydrogen-bond acceptors (Lipinski definition) is 2. The molecule has 0 saturated carbocycles. The predicted octanol–water partition coefficient (Wildman–Crippen LogP) is 4.27. The van der Waals surface area contributed by atoms with Gasteiger partial charge in [0.2, 0.25) is 0 Å². The minimum absolute atomic E-state index is 0.405. The van der Waals surface area contributed by atoms with Gasteiger partial charge in [-0.25, -0.2) is 0 Å². The van der Waals surface area contributed by atoms with E-state index in [1.165, 1.54) is 24.0 Å². The van der Waals surface area contributed by atoms with Crippen LogP contribution in [0.1, 0.15) is 57.7 Å². The second kappa shape index (κ2) is 9.22. The van der Waals surface area contributed by atoms with Crippen LogP contribution in [0.3, 0.4) is 0 Å². The van der Waals surface area contributed by atoms with E-state index < -0.39 is 0 Å². The van der Waals surface area contributed by atoms with Crippen molar-refractivity contribution in [1.82, 2.24) is 10.2 Å². The van der Waals surface area contributed by atoms with Crippen molar-refractivity contribution < 1.29 is 0 Å². The predicted molar refractivity (Wildman–Crippen MR) is 93.8 cm³/mol. The van der Waals surface area contributed by atoms with Crippen molar-refractivity contribution in [3.8, 4) is 0 Å². The van der Waals surface area contributed by atoms with E-state index in [0.29, 0.717) is 12.1 Å². The molecular weight excluding hydrogens is 256 g/mol. The van der Waals surface area contributed by atoms with Gasteiger partial charge >= 0.3 is 0 Å². The molecule has 0 radical (unpaired) electrons. The van der Waals surface area contributed by atoms with Crippen LogP contribution in [-0.2, 0) is 6.42 Å². The van der Waals surface area contributed by atoms with E-state index in [9.17, 15) is 0 Å². The van der Waals surface area contributed by atoms with E-state index in [0.717, 1.165) is 18.9 Å². The summed E-state index contributed by atoms with van der Waals surface area (Å²) in [5.41, 5.74) is 2.83. The highest BCUT2D eigenvalue weighted by molar-refractivity contribution is 5.25. The summed E-state index contributed by atoms with van der Waals surface area (Å²) in [4.78, 5) is 2.46. The van der Waals surface area contributed by atoms with Crippen LogP contribution in [0.2, 0.25) is 0 Å². The lowest BCUT2D eigenvalue weighted by molar-refractivity contribution is 0.222. The lowest BCUT2D eigenvalue weighted by Crippen LogP contribution is -2.36. The van der Waals surface area contributed by atoms with Crippen molar-refractivity contribution in [1.29, 1.82) is 0 Å². The van der Waals surface area contributed by atoms with E-state index >= 15 is 0 Å². The molecule has 1 rings (SSSR count). The third-order valence-corrected chi connectivity index (χ3v) is 4.30. The SMILES string of the molecule is CCCC(C)N(C)CC(NC)c1ccc(CC(C)C)cc1. The minimum atomic E-state index is 0.405. The van der Waals surface area contributed by atoms with Gasteiger partial charge in [0.15, 0.2) is 0 Å². The molecule has 120 valence electrons. The summed E-state index contributed by atoms with van der Waals surface area (Å²) in [5, 5.41) is 3.46. The average molecular weight is 290 g/mol. The maximum absolute atomic E-state index is 3.46. The van der Waals surface area contributed by atoms with E-state index in [4.69, 9.17) is 0 Å². The Bertz CT molecular complexity index is 383. The third-order valence-electron chi connectivity index (χ3n) is 4.30. The van der Waals surface area contributed by atoms with Crippen LogP contribution in [-0.4, -0.2) is 31.6 Å². The van der Waals surface area contributed by atoms with Crippen LogP contribution in [0.5, 0.6) is 0 Å². The molecular formula is C19H34N2. The number of rotatable bonds is 9. The summed E-state index contributed by atoms with van der Waals surface area (Å²) in [6, 6.07) is 10.2. The Hall–Kier alpha value is -0.860. The van der Waals surface area contributed by atoms with Crippen LogP contribution >= 0.6 is 0 Å². The van der Waals surface area contributed by atoms with Gasteiger partial charge in [0, 0.05) is 18.6 Å². The Labute approximate surface area is 131 Å². The van der Waals surface area contributed by atoms with E-state index in [1.54, 1.807) is 0 Å². The van der Waals surface area contributed by atoms with Gasteiger partial charge in [0.25, 0.3) is 0 Å². The molecule has 0 bridgehead atoms. The molecule has 0 spiro atoms. The highest BCUT2D eigenvalue weighted by Gasteiger charge is 2.15. The normalized spacial score (nSPS) is 14.7. The van der Waals surface area contributed by atoms with Gasteiger partial charge in [-0.1, -0.05) is 51.5 Å². The van der Waals surface area contributed by atoms with Crippen LogP contribution < -0.4 is 5.32 Å². The summed E-state index contributed by atoms with van der Waals surface area (Å²) in [5.74, 6) is 0.719. The third kappa shape index (κ3) is 6.19. The first-order chi connectivity index (χ1) is 9.97. The number of hydrogen-bond donors (Lipinski definition) is 1. The number of nitrogens with zero attached hydrogens (tertiary/aromatic N) is 1. The van der Waals surface area contributed by atoms with Crippen LogP contribution in [0.15, 0.2) is 24.3 Å². The van der Waals surface area contributed by atoms with Crippen molar-refractivity contribution in [2.45, 2.75) is 59.0 Å². The molecule has 2 unspecified atom stereocenters. The van der Waals surface area contributed by atoms with Gasteiger partial charge in [-0.05, 0) is 50.9 Å². The Kier molecular flexibility index (Phi) is 7.98. The molecule has 1 aromatic carbocycles. The Balaban J connectivity index is 2.67. The first-order valence-corrected chi connectivity index (χ1v) is 8.44. The Morgan fingerprint density at radius 1 is 1.10 bits per heavy atom. The molecule has 0 amide bonds. The zero-order valence-corrected chi connectivity index (χ0v) is 14.8. The molecule has 0 aliphatic carbocycles. The molecule has 2 nitrogen and oxygen atoms in total. The largest absolute Gasteiger partial charge is 0.312 e. The maximum Gasteiger partial charge on any atom is 0.0446 e. The fraction of sp³-hybridized carbons (Fsp3) is 0.684. The first-order valence-electron chi connectivity index (χ1n) is 8.44. The monoisotopic (exact) mass is 290 g/mol. The zero-order valence-electron chi connectivity index (χ0n) is 14.8. The van der Waals surface area contributed by atoms with Gasteiger partial charge in [0.05, 0.1) is 0 Å². The van der Waals surface area contributed by atoms with Crippen molar-refractivity contribution in [3.63, 3.8) is 0 Å². The minimum Gasteiger partial charge on any atom is -0.312 e. The van der Waals surface area contributed by atoms with E-state index in [-0.39, 0.29) is 0 Å². The second-order valence-electron chi connectivity index (χ2n) is 6.76. The van der Waals surface area contributed by atoms with Crippen molar-refractivity contribution in [3.05, 3.63) is 35.4 Å². The molecule has 0 fully saturated rings. The highest BCUT2D eigenvalue weighted by Crippen LogP contribution is 2.18. The van der Waals surface area contributed by atoms with Gasteiger partial charge in [0.1, 0.15) is 0 Å². The Morgan fingerprint density at radius 2 is 1.71 bits per heavy atom. The summed E-state index contributed by atoms with van der Waals surface area (Å²) in [6.07, 6.45) is 3.68. The van der Waals surface area contributed by atoms with E-state index in [2.05, 4.69) is 76.3 Å². The van der Waals surface area contributed by atoms with E-state index in [1.807, 2.05) is 0 Å². The Morgan fingerprint density at radius 3 is 2.19 bits per heavy atom. The summed E-state index contributed by atoms with van der Waals surface area (Å²) >= 11 is 0. The lowest BCUT2D eigenvalue weighted by atomic mass is 9.99. The first kappa shape index (κ1) is 18.2. The summed E-state index contributed by atoms with van der Waals surface area (Å²) in [7, 11) is 4.29. The van der Waals surface area contributed by atoms with Crippen molar-refractivity contribution in [2.75, 3.05) is 20.6 Å². The fourth-order valence-corrected chi connectivity index (χ4v) is 2.83. The molecule has 2 atom stereocenters. The number of nitrogens with one attached hydrogen (secondary N) is 1. The molecule has 2 heteroatoms. The van der Waals surface area contributed by atoms with Crippen molar-refractivity contribution in [2.24, 2.45) is 5.92 Å². The average Bonchev–Trinajstić information content (AvgIpc) is 2.45. The summed E-state index contributed by atoms with van der Waals surface area (Å²) in [6.45, 7) is 10.2. The second-order valence-corrected chi connectivity index (χ2v) is 6.76. The number of benzene rings is 1. The molecule has 0 aliphatic rings. The smallest absolute Gasteiger partial charge is 0.0446 e. The standard InChI is InChI=1S/C19H34N2/c1-7-8-16(4)21(6)14-19(20-5)18-11-9-17(10-12-18)13-15(2)3/h9-12,15-16,19-20H,7-8,13-14H2,1-6H3. The molecule has 1 N–H and O–H groups in total. The fourth-order valence-electron chi connectivity index (χ4n) is 2.83. The quantitative estimate of drug-likeness (QED) is 0.731. The van der Waals surface area contributed by atoms with Crippen LogP contribution in [0.4, 0.5) is 0 Å². The lowest BCUT2D eigenvalue weighted by Gasteiger charge is -2.29. The molecule has 0 heterocycles. The molecule has 21 heavy (non-hydrogen) atoms. The molecule has 0 aliphatic heterocycles. The van der Waals surface area contributed by atoms with Crippen LogP contribution in [0, 0.1) is 5.92 Å².